The van der Waals surface area contributed by atoms with Gasteiger partial charge in [-0.2, -0.15) is 0 Å². The number of carbonyl (C=O) groups is 1. The van der Waals surface area contributed by atoms with Gasteiger partial charge in [0.05, 0.1) is 17.1 Å². The Morgan fingerprint density at radius 3 is 2.79 bits per heavy atom. The summed E-state index contributed by atoms with van der Waals surface area (Å²) in [4.78, 5) is 10.9. The van der Waals surface area contributed by atoms with Gasteiger partial charge in [-0.3, -0.25) is 0 Å². The fourth-order valence-electron chi connectivity index (χ4n) is 2.63. The molecule has 1 heterocycles. The second-order valence-corrected chi connectivity index (χ2v) is 7.44. The Morgan fingerprint density at radius 1 is 1.21 bits per heavy atom. The van der Waals surface area contributed by atoms with E-state index in [2.05, 4.69) is 4.72 Å². The second-order valence-electron chi connectivity index (χ2n) is 5.67. The number of fused-ring (bicyclic) bond motifs is 1. The standard InChI is InChI=1S/C17H17NO5S/c19-17(20)14-5-3-6-15(9-14)24(21,22)18-10-12-8-13-4-1-2-7-16(13)23-11-12/h1-7,9,12,18H,8,10-11H2,(H,19,20). The first-order valence-corrected chi connectivity index (χ1v) is 8.98. The molecule has 1 unspecified atom stereocenters. The molecule has 6 nitrogen and oxygen atoms in total. The first-order valence-electron chi connectivity index (χ1n) is 7.49. The number of ether oxygens (including phenoxy) is 1. The van der Waals surface area contributed by atoms with Gasteiger partial charge in [0, 0.05) is 12.5 Å². The molecular weight excluding hydrogens is 330 g/mol. The molecule has 1 aliphatic rings. The van der Waals surface area contributed by atoms with Crippen molar-refractivity contribution in [3.63, 3.8) is 0 Å². The minimum atomic E-state index is -3.76. The third-order valence-electron chi connectivity index (χ3n) is 3.91. The summed E-state index contributed by atoms with van der Waals surface area (Å²) in [5, 5.41) is 8.97. The van der Waals surface area contributed by atoms with Crippen molar-refractivity contribution in [1.82, 2.24) is 4.72 Å². The van der Waals surface area contributed by atoms with Crippen LogP contribution in [0.1, 0.15) is 15.9 Å². The molecule has 0 saturated heterocycles. The summed E-state index contributed by atoms with van der Waals surface area (Å²) in [6, 6.07) is 13.0. The summed E-state index contributed by atoms with van der Waals surface area (Å²) < 4.78 is 32.9. The number of carboxylic acid groups (broad SMARTS) is 1. The largest absolute Gasteiger partial charge is 0.493 e. The molecule has 0 saturated carbocycles. The van der Waals surface area contributed by atoms with Crippen LogP contribution in [0.15, 0.2) is 53.4 Å². The van der Waals surface area contributed by atoms with Crippen molar-refractivity contribution in [2.45, 2.75) is 11.3 Å². The SMILES string of the molecule is O=C(O)c1cccc(S(=O)(=O)NCC2COc3ccccc3C2)c1. The van der Waals surface area contributed by atoms with Gasteiger partial charge < -0.3 is 9.84 Å². The molecule has 3 rings (SSSR count). The average molecular weight is 347 g/mol. The van der Waals surface area contributed by atoms with Gasteiger partial charge in [0.15, 0.2) is 0 Å². The summed E-state index contributed by atoms with van der Waals surface area (Å²) in [6.07, 6.45) is 0.730. The Morgan fingerprint density at radius 2 is 2.00 bits per heavy atom. The van der Waals surface area contributed by atoms with E-state index in [9.17, 15) is 13.2 Å². The Hall–Kier alpha value is -2.38. The first kappa shape index (κ1) is 16.5. The van der Waals surface area contributed by atoms with Crippen LogP contribution in [0.5, 0.6) is 5.75 Å². The maximum atomic E-state index is 12.4. The quantitative estimate of drug-likeness (QED) is 0.862. The van der Waals surface area contributed by atoms with E-state index in [0.29, 0.717) is 6.61 Å². The van der Waals surface area contributed by atoms with Gasteiger partial charge in [-0.1, -0.05) is 24.3 Å². The van der Waals surface area contributed by atoms with E-state index in [4.69, 9.17) is 9.84 Å². The number of nitrogens with one attached hydrogen (secondary N) is 1. The Labute approximate surface area is 140 Å². The van der Waals surface area contributed by atoms with E-state index in [0.717, 1.165) is 23.8 Å². The molecule has 0 aromatic heterocycles. The highest BCUT2D eigenvalue weighted by Gasteiger charge is 2.22. The zero-order valence-electron chi connectivity index (χ0n) is 12.8. The maximum absolute atomic E-state index is 12.4. The number of para-hydroxylation sites is 1. The minimum absolute atomic E-state index is 0.0253. The minimum Gasteiger partial charge on any atom is -0.493 e. The van der Waals surface area contributed by atoms with Gasteiger partial charge in [-0.15, -0.1) is 0 Å². The van der Waals surface area contributed by atoms with Crippen LogP contribution in [0, 0.1) is 5.92 Å². The molecule has 0 aliphatic carbocycles. The van der Waals surface area contributed by atoms with Crippen molar-refractivity contribution in [2.24, 2.45) is 5.92 Å². The molecule has 0 spiro atoms. The summed E-state index contributed by atoms with van der Waals surface area (Å²) in [7, 11) is -3.76. The normalized spacial score (nSPS) is 16.9. The smallest absolute Gasteiger partial charge is 0.335 e. The molecule has 2 N–H and O–H groups in total. The van der Waals surface area contributed by atoms with Crippen molar-refractivity contribution in [1.29, 1.82) is 0 Å². The zero-order chi connectivity index (χ0) is 17.2. The Bertz CT molecular complexity index is 863. The van der Waals surface area contributed by atoms with E-state index in [1.54, 1.807) is 0 Å². The van der Waals surface area contributed by atoms with Gasteiger partial charge in [0.2, 0.25) is 10.0 Å². The van der Waals surface area contributed by atoms with Gasteiger partial charge in [0.25, 0.3) is 0 Å². The van der Waals surface area contributed by atoms with Crippen LogP contribution in [-0.2, 0) is 16.4 Å². The number of sulfonamides is 1. The van der Waals surface area contributed by atoms with Gasteiger partial charge in [-0.05, 0) is 36.2 Å². The predicted molar refractivity (Wildman–Crippen MR) is 87.7 cm³/mol. The van der Waals surface area contributed by atoms with Crippen LogP contribution in [0.4, 0.5) is 0 Å². The van der Waals surface area contributed by atoms with E-state index in [1.165, 1.54) is 18.2 Å². The van der Waals surface area contributed by atoms with E-state index < -0.39 is 16.0 Å². The van der Waals surface area contributed by atoms with Crippen molar-refractivity contribution in [3.05, 3.63) is 59.7 Å². The van der Waals surface area contributed by atoms with Crippen LogP contribution < -0.4 is 9.46 Å². The highest BCUT2D eigenvalue weighted by molar-refractivity contribution is 7.89. The van der Waals surface area contributed by atoms with Crippen molar-refractivity contribution in [3.8, 4) is 5.75 Å². The van der Waals surface area contributed by atoms with E-state index in [1.807, 2.05) is 24.3 Å². The number of hydrogen-bond donors (Lipinski definition) is 2. The topological polar surface area (TPSA) is 92.7 Å². The first-order chi connectivity index (χ1) is 11.5. The number of carboxylic acids is 1. The second kappa shape index (κ2) is 6.62. The number of benzene rings is 2. The summed E-state index contributed by atoms with van der Waals surface area (Å²) in [5.74, 6) is -0.299. The molecule has 2 aromatic rings. The molecule has 2 aromatic carbocycles. The van der Waals surface area contributed by atoms with Crippen molar-refractivity contribution >= 4 is 16.0 Å². The summed E-state index contributed by atoms with van der Waals surface area (Å²) in [6.45, 7) is 0.669. The maximum Gasteiger partial charge on any atom is 0.335 e. The lowest BCUT2D eigenvalue weighted by Gasteiger charge is -2.25. The molecule has 0 bridgehead atoms. The highest BCUT2D eigenvalue weighted by atomic mass is 32.2. The Kier molecular flexibility index (Phi) is 4.55. The summed E-state index contributed by atoms with van der Waals surface area (Å²) in [5.41, 5.74) is 0.994. The van der Waals surface area contributed by atoms with E-state index in [-0.39, 0.29) is 22.9 Å². The molecule has 0 fully saturated rings. The third kappa shape index (κ3) is 3.58. The zero-order valence-corrected chi connectivity index (χ0v) is 13.6. The number of aromatic carboxylic acids is 1. The van der Waals surface area contributed by atoms with Crippen LogP contribution >= 0.6 is 0 Å². The monoisotopic (exact) mass is 347 g/mol. The molecule has 1 aliphatic heterocycles. The summed E-state index contributed by atoms with van der Waals surface area (Å²) >= 11 is 0. The van der Waals surface area contributed by atoms with Gasteiger partial charge >= 0.3 is 5.97 Å². The van der Waals surface area contributed by atoms with Crippen molar-refractivity contribution < 1.29 is 23.1 Å². The van der Waals surface area contributed by atoms with Crippen LogP contribution in [0.25, 0.3) is 0 Å². The van der Waals surface area contributed by atoms with Crippen LogP contribution in [0.3, 0.4) is 0 Å². The highest BCUT2D eigenvalue weighted by Crippen LogP contribution is 2.26. The van der Waals surface area contributed by atoms with Crippen LogP contribution in [0.2, 0.25) is 0 Å². The van der Waals surface area contributed by atoms with Gasteiger partial charge in [-0.25, -0.2) is 17.9 Å². The fourth-order valence-corrected chi connectivity index (χ4v) is 3.79. The Balaban J connectivity index is 1.68. The van der Waals surface area contributed by atoms with E-state index >= 15 is 0 Å². The van der Waals surface area contributed by atoms with Gasteiger partial charge in [0.1, 0.15) is 5.75 Å². The average Bonchev–Trinajstić information content (AvgIpc) is 2.60. The fraction of sp³-hybridized carbons (Fsp3) is 0.235. The number of hydrogen-bond acceptors (Lipinski definition) is 4. The van der Waals surface area contributed by atoms with Crippen LogP contribution in [-0.4, -0.2) is 32.6 Å². The lowest BCUT2D eigenvalue weighted by atomic mass is 9.97. The lowest BCUT2D eigenvalue weighted by Crippen LogP contribution is -2.34. The molecule has 24 heavy (non-hydrogen) atoms. The predicted octanol–water partition coefficient (Wildman–Crippen LogP) is 1.91. The molecule has 7 heteroatoms. The lowest BCUT2D eigenvalue weighted by molar-refractivity contribution is 0.0696. The van der Waals surface area contributed by atoms with Crippen molar-refractivity contribution in [2.75, 3.05) is 13.2 Å². The third-order valence-corrected chi connectivity index (χ3v) is 5.33. The molecule has 0 radical (unpaired) electrons. The molecule has 1 atom stereocenters. The molecular formula is C17H17NO5S. The molecule has 0 amide bonds. The molecule has 126 valence electrons. The number of rotatable bonds is 5.